The van der Waals surface area contributed by atoms with Gasteiger partial charge in [-0.15, -0.1) is 0 Å². The molecule has 0 aromatic heterocycles. The van der Waals surface area contributed by atoms with Gasteiger partial charge >= 0.3 is 0 Å². The van der Waals surface area contributed by atoms with E-state index in [4.69, 9.17) is 18.9 Å². The summed E-state index contributed by atoms with van der Waals surface area (Å²) < 4.78 is 38.9. The van der Waals surface area contributed by atoms with Crippen LogP contribution in [0.25, 0.3) is 12.2 Å². The molecule has 0 fully saturated rings. The molecule has 0 heterocycles. The standard InChI is InChI=1S/C24H23FN2O6S/c1-30-20-12-15(13-21(31-2)24(20)33-4)8-9-16-10-11-19(25)23(32-3)22(16)26-34-18-7-5-6-17(14-18)27(28)29/h5-14,26H,1-4H3/b9-8-. The zero-order valence-corrected chi connectivity index (χ0v) is 19.8. The van der Waals surface area contributed by atoms with Crippen molar-refractivity contribution < 1.29 is 28.3 Å². The topological polar surface area (TPSA) is 92.1 Å². The third-order valence-corrected chi connectivity index (χ3v) is 5.58. The number of nitro groups is 1. The van der Waals surface area contributed by atoms with Gasteiger partial charge < -0.3 is 23.7 Å². The molecule has 0 saturated carbocycles. The molecule has 3 rings (SSSR count). The van der Waals surface area contributed by atoms with Crippen molar-refractivity contribution >= 4 is 35.5 Å². The Morgan fingerprint density at radius 2 is 1.59 bits per heavy atom. The number of anilines is 1. The molecule has 3 aromatic carbocycles. The predicted molar refractivity (Wildman–Crippen MR) is 131 cm³/mol. The van der Waals surface area contributed by atoms with Crippen molar-refractivity contribution in [2.24, 2.45) is 0 Å². The minimum atomic E-state index is -0.547. The van der Waals surface area contributed by atoms with Gasteiger partial charge in [0.25, 0.3) is 5.69 Å². The van der Waals surface area contributed by atoms with Gasteiger partial charge in [0, 0.05) is 22.6 Å². The zero-order valence-electron chi connectivity index (χ0n) is 19.0. The molecule has 178 valence electrons. The number of nitrogens with zero attached hydrogens (tertiary/aromatic N) is 1. The number of ether oxygens (including phenoxy) is 4. The van der Waals surface area contributed by atoms with E-state index >= 15 is 0 Å². The van der Waals surface area contributed by atoms with Crippen molar-refractivity contribution in [3.63, 3.8) is 0 Å². The first-order chi connectivity index (χ1) is 16.4. The van der Waals surface area contributed by atoms with Crippen LogP contribution in [0.5, 0.6) is 23.0 Å². The highest BCUT2D eigenvalue weighted by Gasteiger charge is 2.15. The van der Waals surface area contributed by atoms with Crippen LogP contribution in [0.15, 0.2) is 53.4 Å². The molecule has 8 nitrogen and oxygen atoms in total. The van der Waals surface area contributed by atoms with Crippen LogP contribution in [-0.2, 0) is 0 Å². The lowest BCUT2D eigenvalue weighted by atomic mass is 10.1. The van der Waals surface area contributed by atoms with Gasteiger partial charge in [-0.25, -0.2) is 4.39 Å². The highest BCUT2D eigenvalue weighted by Crippen LogP contribution is 2.40. The second-order valence-corrected chi connectivity index (χ2v) is 7.68. The average molecular weight is 487 g/mol. The summed E-state index contributed by atoms with van der Waals surface area (Å²) in [5.74, 6) is 0.941. The van der Waals surface area contributed by atoms with Crippen molar-refractivity contribution in [1.82, 2.24) is 0 Å². The molecule has 0 spiro atoms. The second-order valence-electron chi connectivity index (χ2n) is 6.80. The van der Waals surface area contributed by atoms with Crippen molar-refractivity contribution in [1.29, 1.82) is 0 Å². The maximum atomic E-state index is 14.4. The fourth-order valence-electron chi connectivity index (χ4n) is 3.17. The molecule has 10 heteroatoms. The van der Waals surface area contributed by atoms with Gasteiger partial charge in [0.05, 0.1) is 39.0 Å². The first kappa shape index (κ1) is 24.7. The van der Waals surface area contributed by atoms with Gasteiger partial charge in [-0.3, -0.25) is 10.1 Å². The van der Waals surface area contributed by atoms with Crippen molar-refractivity contribution in [2.45, 2.75) is 4.90 Å². The first-order valence-corrected chi connectivity index (χ1v) is 10.7. The van der Waals surface area contributed by atoms with Crippen LogP contribution in [0, 0.1) is 15.9 Å². The van der Waals surface area contributed by atoms with Crippen LogP contribution in [0.2, 0.25) is 0 Å². The SMILES string of the molecule is COc1cc(/C=C\c2ccc(F)c(OC)c2NSc2cccc([N+](=O)[O-])c2)cc(OC)c1OC. The molecule has 0 saturated heterocycles. The Bertz CT molecular complexity index is 1190. The molecular weight excluding hydrogens is 463 g/mol. The third kappa shape index (κ3) is 5.52. The third-order valence-electron chi connectivity index (χ3n) is 4.79. The van der Waals surface area contributed by atoms with E-state index in [0.29, 0.717) is 33.4 Å². The number of hydrogen-bond donors (Lipinski definition) is 1. The molecule has 0 bridgehead atoms. The monoisotopic (exact) mass is 486 g/mol. The molecule has 0 aliphatic rings. The average Bonchev–Trinajstić information content (AvgIpc) is 2.86. The number of hydrogen-bond acceptors (Lipinski definition) is 8. The summed E-state index contributed by atoms with van der Waals surface area (Å²) in [6, 6.07) is 12.6. The molecular formula is C24H23FN2O6S. The highest BCUT2D eigenvalue weighted by atomic mass is 32.2. The molecule has 0 atom stereocenters. The Morgan fingerprint density at radius 3 is 2.18 bits per heavy atom. The van der Waals surface area contributed by atoms with E-state index in [9.17, 15) is 14.5 Å². The molecule has 3 aromatic rings. The van der Waals surface area contributed by atoms with Crippen LogP contribution in [0.4, 0.5) is 15.8 Å². The molecule has 34 heavy (non-hydrogen) atoms. The lowest BCUT2D eigenvalue weighted by molar-refractivity contribution is -0.385. The van der Waals surface area contributed by atoms with Crippen molar-refractivity contribution in [3.05, 3.63) is 75.6 Å². The van der Waals surface area contributed by atoms with Crippen LogP contribution in [0.3, 0.4) is 0 Å². The van der Waals surface area contributed by atoms with Gasteiger partial charge in [-0.05, 0) is 47.8 Å². The Kier molecular flexibility index (Phi) is 8.20. The van der Waals surface area contributed by atoms with Gasteiger partial charge in [0.15, 0.2) is 23.1 Å². The van der Waals surface area contributed by atoms with E-state index in [0.717, 1.165) is 17.5 Å². The lowest BCUT2D eigenvalue weighted by Crippen LogP contribution is -1.98. The highest BCUT2D eigenvalue weighted by molar-refractivity contribution is 8.00. The largest absolute Gasteiger partial charge is 0.493 e. The van der Waals surface area contributed by atoms with Gasteiger partial charge in [0.2, 0.25) is 5.75 Å². The number of nitrogens with one attached hydrogen (secondary N) is 1. The number of methoxy groups -OCH3 is 4. The second kappa shape index (κ2) is 11.3. The number of halogens is 1. The lowest BCUT2D eigenvalue weighted by Gasteiger charge is -2.15. The first-order valence-electron chi connectivity index (χ1n) is 9.93. The summed E-state index contributed by atoms with van der Waals surface area (Å²) >= 11 is 1.10. The molecule has 0 aliphatic heterocycles. The minimum absolute atomic E-state index is 0.0185. The quantitative estimate of drug-likeness (QED) is 0.160. The molecule has 0 amide bonds. The molecule has 0 aliphatic carbocycles. The smallest absolute Gasteiger partial charge is 0.270 e. The van der Waals surface area contributed by atoms with Crippen LogP contribution < -0.4 is 23.7 Å². The van der Waals surface area contributed by atoms with E-state index in [1.807, 2.05) is 0 Å². The summed E-state index contributed by atoms with van der Waals surface area (Å²) in [5, 5.41) is 11.0. The number of benzene rings is 3. The van der Waals surface area contributed by atoms with E-state index in [2.05, 4.69) is 4.72 Å². The molecule has 0 unspecified atom stereocenters. The van der Waals surface area contributed by atoms with Crippen molar-refractivity contribution in [2.75, 3.05) is 33.2 Å². The van der Waals surface area contributed by atoms with E-state index in [1.54, 1.807) is 42.5 Å². The Morgan fingerprint density at radius 1 is 0.912 bits per heavy atom. The van der Waals surface area contributed by atoms with Crippen LogP contribution in [0.1, 0.15) is 11.1 Å². The normalized spacial score (nSPS) is 10.7. The Balaban J connectivity index is 1.96. The van der Waals surface area contributed by atoms with Crippen LogP contribution in [-0.4, -0.2) is 33.4 Å². The number of rotatable bonds is 10. The maximum Gasteiger partial charge on any atom is 0.270 e. The molecule has 0 radical (unpaired) electrons. The Hall–Kier alpha value is -3.92. The van der Waals surface area contributed by atoms with E-state index in [1.165, 1.54) is 46.6 Å². The number of nitro benzene ring substituents is 1. The van der Waals surface area contributed by atoms with E-state index in [-0.39, 0.29) is 11.4 Å². The summed E-state index contributed by atoms with van der Waals surface area (Å²) in [7, 11) is 5.96. The summed E-state index contributed by atoms with van der Waals surface area (Å²) in [6.07, 6.45) is 3.58. The fraction of sp³-hybridized carbons (Fsp3) is 0.167. The van der Waals surface area contributed by atoms with Gasteiger partial charge in [0.1, 0.15) is 0 Å². The predicted octanol–water partition coefficient (Wildman–Crippen LogP) is 6.06. The van der Waals surface area contributed by atoms with E-state index < -0.39 is 10.7 Å². The van der Waals surface area contributed by atoms with Gasteiger partial charge in [-0.2, -0.15) is 0 Å². The summed E-state index contributed by atoms with van der Waals surface area (Å²) in [5.41, 5.74) is 1.73. The van der Waals surface area contributed by atoms with Gasteiger partial charge in [-0.1, -0.05) is 18.2 Å². The van der Waals surface area contributed by atoms with Crippen LogP contribution >= 0.6 is 11.9 Å². The molecule has 1 N–H and O–H groups in total. The van der Waals surface area contributed by atoms with Crippen molar-refractivity contribution in [3.8, 4) is 23.0 Å². The zero-order chi connectivity index (χ0) is 24.7. The Labute approximate surface area is 200 Å². The number of non-ortho nitro benzene ring substituents is 1. The summed E-state index contributed by atoms with van der Waals surface area (Å²) in [6.45, 7) is 0. The summed E-state index contributed by atoms with van der Waals surface area (Å²) in [4.78, 5) is 11.2. The minimum Gasteiger partial charge on any atom is -0.493 e. The maximum absolute atomic E-state index is 14.4. The fourth-order valence-corrected chi connectivity index (χ4v) is 3.93.